The van der Waals surface area contributed by atoms with Gasteiger partial charge in [0.2, 0.25) is 5.91 Å². The van der Waals surface area contributed by atoms with Crippen molar-refractivity contribution >= 4 is 35.2 Å². The van der Waals surface area contributed by atoms with Gasteiger partial charge in [-0.1, -0.05) is 60.2 Å². The number of carbonyl (C=O) groups excluding carboxylic acids is 2. The van der Waals surface area contributed by atoms with Gasteiger partial charge in [-0.15, -0.1) is 0 Å². The van der Waals surface area contributed by atoms with E-state index in [1.807, 2.05) is 31.2 Å². The Bertz CT molecular complexity index is 1040. The summed E-state index contributed by atoms with van der Waals surface area (Å²) in [6, 6.07) is 4.90. The molecule has 1 saturated heterocycles. The van der Waals surface area contributed by atoms with E-state index in [9.17, 15) is 9.59 Å². The van der Waals surface area contributed by atoms with Crippen LogP contribution in [-0.4, -0.2) is 107 Å². The molecule has 1 fully saturated rings. The van der Waals surface area contributed by atoms with E-state index in [2.05, 4.69) is 16.8 Å². The maximum Gasteiger partial charge on any atom is 0.407 e. The number of nitrogens with zero attached hydrogens (tertiary/aromatic N) is 2. The Hall–Kier alpha value is -2.40. The molecule has 1 aromatic carbocycles. The molecule has 41 heavy (non-hydrogen) atoms. The average Bonchev–Trinajstić information content (AvgIpc) is 3.39. The number of hydrogen-bond acceptors (Lipinski definition) is 7. The minimum Gasteiger partial charge on any atom is -0.447 e. The number of carbonyl (C=O) groups is 2. The fraction of sp³-hybridized carbons (Fsp3) is 0.533. The maximum absolute atomic E-state index is 13.2. The molecule has 0 aliphatic carbocycles. The lowest BCUT2D eigenvalue weighted by Gasteiger charge is -2.32. The predicted molar refractivity (Wildman–Crippen MR) is 163 cm³/mol. The van der Waals surface area contributed by atoms with Crippen molar-refractivity contribution in [3.05, 3.63) is 70.3 Å². The van der Waals surface area contributed by atoms with Crippen LogP contribution in [0, 0.1) is 0 Å². The average molecular weight is 613 g/mol. The first-order valence-corrected chi connectivity index (χ1v) is 14.5. The molecule has 0 radical (unpaired) electrons. The molecule has 0 saturated carbocycles. The highest BCUT2D eigenvalue weighted by Gasteiger charge is 2.29. The van der Waals surface area contributed by atoms with E-state index in [-0.39, 0.29) is 31.0 Å². The van der Waals surface area contributed by atoms with Crippen molar-refractivity contribution in [2.75, 3.05) is 73.4 Å². The van der Waals surface area contributed by atoms with Gasteiger partial charge in [0.1, 0.15) is 6.61 Å². The summed E-state index contributed by atoms with van der Waals surface area (Å²) in [6.45, 7) is 10.6. The van der Waals surface area contributed by atoms with Crippen molar-refractivity contribution in [3.8, 4) is 0 Å². The van der Waals surface area contributed by atoms with Gasteiger partial charge in [-0.25, -0.2) is 4.79 Å². The first-order valence-electron chi connectivity index (χ1n) is 13.7. The number of likely N-dealkylation sites (N-methyl/N-ethyl adjacent to an activating group) is 1. The summed E-state index contributed by atoms with van der Waals surface area (Å²) in [5.41, 5.74) is 1.60. The third kappa shape index (κ3) is 13.4. The lowest BCUT2D eigenvalue weighted by atomic mass is 10.0. The molecule has 1 aliphatic heterocycles. The zero-order valence-electron chi connectivity index (χ0n) is 24.3. The van der Waals surface area contributed by atoms with E-state index in [1.54, 1.807) is 37.3 Å². The van der Waals surface area contributed by atoms with Crippen molar-refractivity contribution in [2.24, 2.45) is 0 Å². The Kier molecular flexibility index (Phi) is 16.7. The summed E-state index contributed by atoms with van der Waals surface area (Å²) in [4.78, 5) is 29.5. The number of likely N-dealkylation sites (tertiary alicyclic amines) is 1. The van der Waals surface area contributed by atoms with Gasteiger partial charge in [-0.3, -0.25) is 9.69 Å². The van der Waals surface area contributed by atoms with Crippen molar-refractivity contribution in [2.45, 2.75) is 31.8 Å². The highest BCUT2D eigenvalue weighted by Crippen LogP contribution is 2.24. The van der Waals surface area contributed by atoms with E-state index in [0.29, 0.717) is 56.2 Å². The normalized spacial score (nSPS) is 16.4. The number of rotatable bonds is 18. The van der Waals surface area contributed by atoms with Crippen LogP contribution in [0.1, 0.15) is 18.9 Å². The van der Waals surface area contributed by atoms with Crippen LogP contribution in [0.5, 0.6) is 0 Å². The molecule has 0 spiro atoms. The van der Waals surface area contributed by atoms with Crippen LogP contribution in [0.2, 0.25) is 10.0 Å². The van der Waals surface area contributed by atoms with Crippen molar-refractivity contribution < 1.29 is 28.5 Å². The van der Waals surface area contributed by atoms with E-state index >= 15 is 0 Å². The Balaban J connectivity index is 1.85. The molecular formula is C30H43Cl2N3O6. The first kappa shape index (κ1) is 34.8. The van der Waals surface area contributed by atoms with Gasteiger partial charge in [-0.2, -0.15) is 0 Å². The number of halogens is 2. The second-order valence-electron chi connectivity index (χ2n) is 9.65. The van der Waals surface area contributed by atoms with Gasteiger partial charge >= 0.3 is 6.09 Å². The molecule has 1 aliphatic rings. The number of alkyl carbamates (subject to hydrolysis) is 1. The monoisotopic (exact) mass is 611 g/mol. The van der Waals surface area contributed by atoms with E-state index in [0.717, 1.165) is 24.1 Å². The quantitative estimate of drug-likeness (QED) is 0.193. The number of amides is 2. The number of nitrogens with one attached hydrogen (secondary N) is 1. The summed E-state index contributed by atoms with van der Waals surface area (Å²) < 4.78 is 20.9. The van der Waals surface area contributed by atoms with Crippen molar-refractivity contribution in [1.29, 1.82) is 0 Å². The highest BCUT2D eigenvalue weighted by molar-refractivity contribution is 6.42. The molecule has 228 valence electrons. The fourth-order valence-electron chi connectivity index (χ4n) is 4.24. The molecule has 0 aromatic heterocycles. The predicted octanol–water partition coefficient (Wildman–Crippen LogP) is 4.53. The van der Waals surface area contributed by atoms with Crippen LogP contribution >= 0.6 is 23.2 Å². The van der Waals surface area contributed by atoms with Gasteiger partial charge in [0.05, 0.1) is 55.5 Å². The Morgan fingerprint density at radius 1 is 1.12 bits per heavy atom. The van der Waals surface area contributed by atoms with Crippen molar-refractivity contribution in [3.63, 3.8) is 0 Å². The van der Waals surface area contributed by atoms with Gasteiger partial charge in [0.15, 0.2) is 0 Å². The SMILES string of the molecule is C=C(C=CC=CC)C(CN1CCC(NC(=O)OCCOCCOCCOC)C1)N(C)C(=O)Cc1ccc(Cl)c(Cl)c1. The zero-order chi connectivity index (χ0) is 30.0. The molecule has 2 amide bonds. The van der Waals surface area contributed by atoms with Crippen LogP contribution in [0.15, 0.2) is 54.7 Å². The van der Waals surface area contributed by atoms with Crippen LogP contribution < -0.4 is 5.32 Å². The lowest BCUT2D eigenvalue weighted by Crippen LogP contribution is -2.46. The van der Waals surface area contributed by atoms with Gasteiger partial charge in [0, 0.05) is 39.8 Å². The smallest absolute Gasteiger partial charge is 0.407 e. The van der Waals surface area contributed by atoms with E-state index in [4.69, 9.17) is 42.1 Å². The van der Waals surface area contributed by atoms with Gasteiger partial charge in [0.25, 0.3) is 0 Å². The number of methoxy groups -OCH3 is 1. The largest absolute Gasteiger partial charge is 0.447 e. The molecule has 2 rings (SSSR count). The molecule has 2 unspecified atom stereocenters. The molecule has 1 N–H and O–H groups in total. The highest BCUT2D eigenvalue weighted by atomic mass is 35.5. The minimum atomic E-state index is -0.471. The first-order chi connectivity index (χ1) is 19.7. The lowest BCUT2D eigenvalue weighted by molar-refractivity contribution is -0.130. The Labute approximate surface area is 254 Å². The van der Waals surface area contributed by atoms with E-state index in [1.165, 1.54) is 0 Å². The van der Waals surface area contributed by atoms with Crippen LogP contribution in [-0.2, 0) is 30.2 Å². The summed E-state index contributed by atoms with van der Waals surface area (Å²) in [5, 5.41) is 3.79. The molecule has 0 bridgehead atoms. The summed E-state index contributed by atoms with van der Waals surface area (Å²) in [7, 11) is 3.41. The maximum atomic E-state index is 13.2. The second kappa shape index (κ2) is 19.7. The standard InChI is InChI=1S/C30H43Cl2N3O6/c1-5-6-7-8-23(2)28(34(3)29(36)20-24-9-10-26(31)27(32)19-24)22-35-12-11-25(21-35)33-30(37)41-18-17-40-16-15-39-14-13-38-4/h5-10,19,25,28H,2,11-18,20-22H2,1,3-4H3,(H,33,37). The second-order valence-corrected chi connectivity index (χ2v) is 10.5. The van der Waals surface area contributed by atoms with Crippen LogP contribution in [0.25, 0.3) is 0 Å². The number of allylic oxidation sites excluding steroid dienone is 3. The number of ether oxygens (including phenoxy) is 4. The Morgan fingerprint density at radius 2 is 1.83 bits per heavy atom. The zero-order valence-corrected chi connectivity index (χ0v) is 25.8. The summed E-state index contributed by atoms with van der Waals surface area (Å²) >= 11 is 12.2. The number of benzene rings is 1. The van der Waals surface area contributed by atoms with Crippen molar-refractivity contribution in [1.82, 2.24) is 15.1 Å². The summed E-state index contributed by atoms with van der Waals surface area (Å²) in [5.74, 6) is -0.0600. The third-order valence-corrected chi connectivity index (χ3v) is 7.27. The van der Waals surface area contributed by atoms with Gasteiger partial charge < -0.3 is 29.2 Å². The molecular weight excluding hydrogens is 569 g/mol. The topological polar surface area (TPSA) is 89.6 Å². The van der Waals surface area contributed by atoms with Crippen LogP contribution in [0.4, 0.5) is 4.79 Å². The minimum absolute atomic E-state index is 0.0534. The molecule has 9 nitrogen and oxygen atoms in total. The van der Waals surface area contributed by atoms with Crippen LogP contribution in [0.3, 0.4) is 0 Å². The molecule has 2 atom stereocenters. The third-order valence-electron chi connectivity index (χ3n) is 6.53. The summed E-state index contributed by atoms with van der Waals surface area (Å²) in [6.07, 6.45) is 8.18. The molecule has 11 heteroatoms. The molecule has 1 aromatic rings. The van der Waals surface area contributed by atoms with E-state index < -0.39 is 6.09 Å². The fourth-order valence-corrected chi connectivity index (χ4v) is 4.56. The molecule has 1 heterocycles. The van der Waals surface area contributed by atoms with Gasteiger partial charge in [-0.05, 0) is 36.6 Å². The number of hydrogen-bond donors (Lipinski definition) is 1. The Morgan fingerprint density at radius 3 is 2.51 bits per heavy atom.